The van der Waals surface area contributed by atoms with Crippen LogP contribution in [0.4, 0.5) is 0 Å². The van der Waals surface area contributed by atoms with E-state index in [-0.39, 0.29) is 5.91 Å². The third-order valence-corrected chi connectivity index (χ3v) is 4.49. The number of amides is 1. The van der Waals surface area contributed by atoms with Gasteiger partial charge in [0.1, 0.15) is 0 Å². The van der Waals surface area contributed by atoms with Crippen LogP contribution in [0.1, 0.15) is 56.6 Å². The van der Waals surface area contributed by atoms with Gasteiger partial charge in [0.2, 0.25) is 5.91 Å². The smallest absolute Gasteiger partial charge is 0.220 e. The number of nitrogens with one attached hydrogen (secondary N) is 1. The van der Waals surface area contributed by atoms with Crippen molar-refractivity contribution in [2.75, 3.05) is 26.2 Å². The fraction of sp³-hybridized carbons (Fsp3) is 0.632. The molecule has 0 aliphatic carbocycles. The van der Waals surface area contributed by atoms with Gasteiger partial charge in [-0.1, -0.05) is 44.5 Å². The normalized spacial score (nSPS) is 16.0. The Labute approximate surface area is 135 Å². The van der Waals surface area contributed by atoms with Crippen LogP contribution in [0.5, 0.6) is 0 Å². The molecule has 22 heavy (non-hydrogen) atoms. The van der Waals surface area contributed by atoms with E-state index in [1.165, 1.54) is 43.5 Å². The average Bonchev–Trinajstić information content (AvgIpc) is 2.54. The highest BCUT2D eigenvalue weighted by atomic mass is 16.1. The predicted molar refractivity (Wildman–Crippen MR) is 92.2 cm³/mol. The third-order valence-electron chi connectivity index (χ3n) is 4.49. The van der Waals surface area contributed by atoms with Gasteiger partial charge >= 0.3 is 0 Å². The molecule has 1 heterocycles. The molecule has 1 aromatic rings. The number of piperidine rings is 1. The highest BCUT2D eigenvalue weighted by molar-refractivity contribution is 5.76. The van der Waals surface area contributed by atoms with Gasteiger partial charge in [-0.2, -0.15) is 0 Å². The summed E-state index contributed by atoms with van der Waals surface area (Å²) in [5.41, 5.74) is 2.60. The Morgan fingerprint density at radius 3 is 2.45 bits per heavy atom. The van der Waals surface area contributed by atoms with E-state index in [0.717, 1.165) is 19.5 Å². The lowest BCUT2D eigenvalue weighted by Gasteiger charge is -2.26. The molecule has 2 rings (SSSR count). The largest absolute Gasteiger partial charge is 0.355 e. The van der Waals surface area contributed by atoms with E-state index in [2.05, 4.69) is 48.3 Å². The van der Waals surface area contributed by atoms with Crippen LogP contribution in [0.2, 0.25) is 0 Å². The van der Waals surface area contributed by atoms with Gasteiger partial charge in [-0.3, -0.25) is 4.79 Å². The van der Waals surface area contributed by atoms with Gasteiger partial charge < -0.3 is 10.2 Å². The number of benzene rings is 1. The summed E-state index contributed by atoms with van der Waals surface area (Å²) in [5.74, 6) is 0.733. The van der Waals surface area contributed by atoms with Crippen LogP contribution < -0.4 is 5.32 Å². The topological polar surface area (TPSA) is 32.3 Å². The van der Waals surface area contributed by atoms with Crippen LogP contribution in [0, 0.1) is 0 Å². The van der Waals surface area contributed by atoms with Crippen LogP contribution in [-0.2, 0) is 11.2 Å². The lowest BCUT2D eigenvalue weighted by atomic mass is 10.0. The van der Waals surface area contributed by atoms with Gasteiger partial charge in [-0.25, -0.2) is 0 Å². The summed E-state index contributed by atoms with van der Waals surface area (Å²) in [4.78, 5) is 14.4. The molecule has 1 aliphatic heterocycles. The first-order chi connectivity index (χ1) is 10.6. The van der Waals surface area contributed by atoms with Gasteiger partial charge in [-0.05, 0) is 49.4 Å². The van der Waals surface area contributed by atoms with Crippen molar-refractivity contribution in [1.82, 2.24) is 10.2 Å². The monoisotopic (exact) mass is 302 g/mol. The Kier molecular flexibility index (Phi) is 6.91. The van der Waals surface area contributed by atoms with E-state index in [0.29, 0.717) is 12.3 Å². The number of aryl methyl sites for hydroxylation is 1. The maximum absolute atomic E-state index is 11.9. The zero-order valence-electron chi connectivity index (χ0n) is 14.1. The highest BCUT2D eigenvalue weighted by Gasteiger charge is 2.10. The van der Waals surface area contributed by atoms with Gasteiger partial charge in [0.15, 0.2) is 0 Å². The summed E-state index contributed by atoms with van der Waals surface area (Å²) in [7, 11) is 0. The molecule has 1 aromatic carbocycles. The second-order valence-corrected chi connectivity index (χ2v) is 6.65. The second kappa shape index (κ2) is 8.94. The van der Waals surface area contributed by atoms with E-state index >= 15 is 0 Å². The molecule has 1 amide bonds. The average molecular weight is 302 g/mol. The number of carbonyl (C=O) groups excluding carboxylic acids is 1. The standard InChI is InChI=1S/C19H30N2O/c1-16(2)18-9-6-17(7-10-18)8-11-19(22)20-12-15-21-13-4-3-5-14-21/h6-7,9-10,16H,3-5,8,11-15H2,1-2H3,(H,20,22). The summed E-state index contributed by atoms with van der Waals surface area (Å²) in [6, 6.07) is 8.65. The molecule has 0 spiro atoms. The third kappa shape index (κ3) is 5.80. The zero-order valence-corrected chi connectivity index (χ0v) is 14.1. The Balaban J connectivity index is 1.62. The van der Waals surface area contributed by atoms with Crippen molar-refractivity contribution in [2.45, 2.75) is 51.9 Å². The molecule has 1 saturated heterocycles. The first kappa shape index (κ1) is 17.0. The molecule has 0 bridgehead atoms. The van der Waals surface area contributed by atoms with Crippen LogP contribution in [0.15, 0.2) is 24.3 Å². The van der Waals surface area contributed by atoms with Crippen LogP contribution >= 0.6 is 0 Å². The maximum atomic E-state index is 11.9. The highest BCUT2D eigenvalue weighted by Crippen LogP contribution is 2.15. The van der Waals surface area contributed by atoms with Gasteiger partial charge in [0, 0.05) is 19.5 Å². The van der Waals surface area contributed by atoms with Crippen molar-refractivity contribution in [3.05, 3.63) is 35.4 Å². The molecule has 0 saturated carbocycles. The molecule has 0 unspecified atom stereocenters. The minimum Gasteiger partial charge on any atom is -0.355 e. The fourth-order valence-electron chi connectivity index (χ4n) is 2.95. The summed E-state index contributed by atoms with van der Waals surface area (Å²) in [6.07, 6.45) is 5.38. The second-order valence-electron chi connectivity index (χ2n) is 6.65. The molecule has 1 fully saturated rings. The van der Waals surface area contributed by atoms with Gasteiger partial charge in [0.05, 0.1) is 0 Å². The molecule has 1 N–H and O–H groups in total. The maximum Gasteiger partial charge on any atom is 0.220 e. The molecular formula is C19H30N2O. The molecule has 122 valence electrons. The van der Waals surface area contributed by atoms with Crippen molar-refractivity contribution in [3.63, 3.8) is 0 Å². The molecule has 0 radical (unpaired) electrons. The lowest BCUT2D eigenvalue weighted by Crippen LogP contribution is -2.37. The minimum atomic E-state index is 0.171. The lowest BCUT2D eigenvalue weighted by molar-refractivity contribution is -0.121. The van der Waals surface area contributed by atoms with Crippen molar-refractivity contribution in [2.24, 2.45) is 0 Å². The Bertz CT molecular complexity index is 447. The Morgan fingerprint density at radius 2 is 1.82 bits per heavy atom. The molecule has 3 heteroatoms. The van der Waals surface area contributed by atoms with E-state index in [1.54, 1.807) is 0 Å². The first-order valence-electron chi connectivity index (χ1n) is 8.73. The minimum absolute atomic E-state index is 0.171. The van der Waals surface area contributed by atoms with Crippen molar-refractivity contribution < 1.29 is 4.79 Å². The van der Waals surface area contributed by atoms with Crippen LogP contribution in [-0.4, -0.2) is 37.0 Å². The van der Waals surface area contributed by atoms with Crippen LogP contribution in [0.3, 0.4) is 0 Å². The summed E-state index contributed by atoms with van der Waals surface area (Å²) >= 11 is 0. The number of carbonyl (C=O) groups is 1. The summed E-state index contributed by atoms with van der Waals surface area (Å²) < 4.78 is 0. The van der Waals surface area contributed by atoms with Crippen molar-refractivity contribution >= 4 is 5.91 Å². The molecule has 0 aromatic heterocycles. The van der Waals surface area contributed by atoms with Crippen molar-refractivity contribution in [3.8, 4) is 0 Å². The molecule has 0 atom stereocenters. The van der Waals surface area contributed by atoms with Crippen molar-refractivity contribution in [1.29, 1.82) is 0 Å². The SMILES string of the molecule is CC(C)c1ccc(CCC(=O)NCCN2CCCCC2)cc1. The van der Waals surface area contributed by atoms with E-state index in [4.69, 9.17) is 0 Å². The molecule has 1 aliphatic rings. The number of hydrogen-bond donors (Lipinski definition) is 1. The Morgan fingerprint density at radius 1 is 1.14 bits per heavy atom. The van der Waals surface area contributed by atoms with Gasteiger partial charge in [-0.15, -0.1) is 0 Å². The van der Waals surface area contributed by atoms with E-state index in [9.17, 15) is 4.79 Å². The van der Waals surface area contributed by atoms with E-state index < -0.39 is 0 Å². The van der Waals surface area contributed by atoms with Crippen LogP contribution in [0.25, 0.3) is 0 Å². The first-order valence-corrected chi connectivity index (χ1v) is 8.73. The number of nitrogens with zero attached hydrogens (tertiary/aromatic N) is 1. The Hall–Kier alpha value is -1.35. The quantitative estimate of drug-likeness (QED) is 0.838. The number of rotatable bonds is 7. The molecular weight excluding hydrogens is 272 g/mol. The summed E-state index contributed by atoms with van der Waals surface area (Å²) in [5, 5.41) is 3.05. The number of hydrogen-bond acceptors (Lipinski definition) is 2. The fourth-order valence-corrected chi connectivity index (χ4v) is 2.95. The molecule has 3 nitrogen and oxygen atoms in total. The van der Waals surface area contributed by atoms with E-state index in [1.807, 2.05) is 0 Å². The predicted octanol–water partition coefficient (Wildman–Crippen LogP) is 3.34. The zero-order chi connectivity index (χ0) is 15.8. The number of likely N-dealkylation sites (tertiary alicyclic amines) is 1. The summed E-state index contributed by atoms with van der Waals surface area (Å²) in [6.45, 7) is 8.56. The van der Waals surface area contributed by atoms with Gasteiger partial charge in [0.25, 0.3) is 0 Å².